The minimum Gasteiger partial charge on any atom is -0.748 e. The number of hydrogen-bond acceptors (Lipinski definition) is 10. The molecule has 1 saturated heterocycles. The molecule has 0 radical (unpaired) electrons. The van der Waals surface area contributed by atoms with E-state index in [1.807, 2.05) is 30.3 Å². The van der Waals surface area contributed by atoms with Gasteiger partial charge in [-0.25, -0.2) is 13.4 Å². The number of aromatic hydroxyl groups is 1. The van der Waals surface area contributed by atoms with Crippen LogP contribution in [0.15, 0.2) is 168 Å². The number of hydrogen-bond donors (Lipinski definition) is 6. The Bertz CT molecular complexity index is 4180. The van der Waals surface area contributed by atoms with Crippen LogP contribution in [0, 0.1) is 53.3 Å². The minimum absolute atomic E-state index is 0. The van der Waals surface area contributed by atoms with Crippen molar-refractivity contribution in [3.63, 3.8) is 0 Å². The summed E-state index contributed by atoms with van der Waals surface area (Å²) >= 11 is 0. The Hall–Kier alpha value is -6.28. The Morgan fingerprint density at radius 1 is 0.796 bits per heavy atom. The van der Waals surface area contributed by atoms with Crippen molar-refractivity contribution in [3.05, 3.63) is 225 Å². The van der Waals surface area contributed by atoms with Crippen molar-refractivity contribution in [2.75, 3.05) is 6.61 Å². The SMILES string of the molecule is CC1CCc2cc3ccc2C1CC(S(=O)(=O)[O-])C1C=C2CC(CC4CC(CO)CC#Cc5cc(O)ccc5C2O4)C1c1ccc(cc1)C(N=C(N)N)(C1CCC2CCC(c4ccc(C(O)C5CCc6cccc7cccc5c67)cc4)CC2(O)C1Cc1ccccc1)O3.[Na+]. The molecule has 5 aliphatic heterocycles. The molecule has 10 aliphatic rings. The van der Waals surface area contributed by atoms with E-state index in [2.05, 4.69) is 134 Å². The van der Waals surface area contributed by atoms with Crippen LogP contribution in [0.2, 0.25) is 0 Å². The maximum Gasteiger partial charge on any atom is 1.00 e. The fourth-order valence-corrected chi connectivity index (χ4v) is 20.4. The van der Waals surface area contributed by atoms with E-state index in [-0.39, 0.29) is 102 Å². The van der Waals surface area contributed by atoms with Gasteiger partial charge in [0.05, 0.1) is 33.2 Å². The van der Waals surface area contributed by atoms with E-state index in [4.69, 9.17) is 25.9 Å². The third-order valence-electron chi connectivity index (χ3n) is 23.7. The van der Waals surface area contributed by atoms with Crippen LogP contribution in [-0.4, -0.2) is 62.9 Å². The molecular weight excluding hydrogens is 1190 g/mol. The third-order valence-corrected chi connectivity index (χ3v) is 24.9. The maximum absolute atomic E-state index is 14.5. The van der Waals surface area contributed by atoms with Gasteiger partial charge in [0.25, 0.3) is 0 Å². The summed E-state index contributed by atoms with van der Waals surface area (Å²) in [6.45, 7) is 2.08. The Morgan fingerprint density at radius 3 is 2.32 bits per heavy atom. The number of rotatable bonds is 9. The van der Waals surface area contributed by atoms with Crippen LogP contribution >= 0.6 is 0 Å². The van der Waals surface area contributed by atoms with Crippen LogP contribution < -0.4 is 45.8 Å². The van der Waals surface area contributed by atoms with Crippen LogP contribution in [0.3, 0.4) is 0 Å². The molecule has 0 amide bonds. The number of ether oxygens (including phenoxy) is 2. The van der Waals surface area contributed by atoms with Gasteiger partial charge in [0, 0.05) is 47.5 Å². The van der Waals surface area contributed by atoms with Gasteiger partial charge in [-0.2, -0.15) is 0 Å². The number of guanidine groups is 1. The van der Waals surface area contributed by atoms with Crippen molar-refractivity contribution < 1.29 is 72.4 Å². The van der Waals surface area contributed by atoms with Crippen LogP contribution in [0.25, 0.3) is 10.8 Å². The molecular formula is C79H84N3NaO9S. The number of aliphatic hydroxyl groups excluding tert-OH is 2. The predicted octanol–water partition coefficient (Wildman–Crippen LogP) is 10.3. The monoisotopic (exact) mass is 1270 g/mol. The molecule has 8 N–H and O–H groups in total. The molecule has 17 rings (SSSR count). The van der Waals surface area contributed by atoms with E-state index in [0.29, 0.717) is 74.7 Å². The molecule has 5 aliphatic carbocycles. The van der Waals surface area contributed by atoms with Crippen molar-refractivity contribution >= 4 is 26.9 Å². The molecule has 7 aromatic rings. The second kappa shape index (κ2) is 25.7. The molecule has 14 heteroatoms. The fourth-order valence-electron chi connectivity index (χ4n) is 19.3. The molecule has 17 atom stereocenters. The Balaban J connectivity index is 0.00000749. The zero-order valence-electron chi connectivity index (χ0n) is 53.3. The molecule has 476 valence electrons. The summed E-state index contributed by atoms with van der Waals surface area (Å²) in [5.74, 6) is 4.22. The van der Waals surface area contributed by atoms with Gasteiger partial charge in [0.15, 0.2) is 5.96 Å². The number of nitrogens with two attached hydrogens (primary N) is 2. The first-order valence-corrected chi connectivity index (χ1v) is 35.3. The molecule has 10 bridgehead atoms. The first kappa shape index (κ1) is 64.1. The van der Waals surface area contributed by atoms with Crippen LogP contribution in [0.4, 0.5) is 0 Å². The molecule has 17 unspecified atom stereocenters. The van der Waals surface area contributed by atoms with E-state index in [0.717, 1.165) is 76.6 Å². The normalized spacial score (nSPS) is 32.1. The summed E-state index contributed by atoms with van der Waals surface area (Å²) in [5, 5.41) is 49.2. The van der Waals surface area contributed by atoms with Gasteiger partial charge >= 0.3 is 29.6 Å². The molecule has 93 heavy (non-hydrogen) atoms. The number of benzene rings is 7. The van der Waals surface area contributed by atoms with Crippen molar-refractivity contribution in [1.29, 1.82) is 0 Å². The first-order chi connectivity index (χ1) is 44.5. The standard InChI is InChI=1S/C79H85N3O9S.Na/c1-46-16-17-55-40-62-31-34-64(55)68(46)43-72(92(87,88)89)69-42-58-38-57(41-63-36-48(45-83)10-5-14-54-39-61(84)30-33-65(54)76(58)90-63)74(69)52-22-27-60(28-23-52)79(91-62,82-77(80)81)70-35-29-59-26-24-56(44-78(59,86)71(70)37-47-8-3-2-4-9-47)49-18-20-53(21-19-49)75(85)67-32-25-51-12-6-11-50-13-7-15-66(67)73(50)51;/h2-4,6-9,11-13,15,18-23,27-28,30-31,33-34,39-40,42,46,48,56-57,59,63,67-72,74-76,83-86H,10,16-17,24-26,29,32,35-38,41,43-45H2,1H3,(H4,80,81,82)(H,87,88,89);/q;+1/p-1. The molecule has 0 spiro atoms. The number of nitrogens with zero attached hydrogens (tertiary/aromatic N) is 1. The number of phenols is 1. The van der Waals surface area contributed by atoms with Gasteiger partial charge < -0.3 is 45.9 Å². The van der Waals surface area contributed by atoms with Gasteiger partial charge in [-0.05, 0) is 222 Å². The molecule has 2 saturated carbocycles. The Morgan fingerprint density at radius 2 is 1.55 bits per heavy atom. The summed E-state index contributed by atoms with van der Waals surface area (Å²) in [5.41, 5.74) is 22.2. The zero-order chi connectivity index (χ0) is 63.2. The van der Waals surface area contributed by atoms with Crippen molar-refractivity contribution in [1.82, 2.24) is 0 Å². The van der Waals surface area contributed by atoms with Gasteiger partial charge in [-0.3, -0.25) is 0 Å². The van der Waals surface area contributed by atoms with E-state index >= 15 is 0 Å². The van der Waals surface area contributed by atoms with Gasteiger partial charge in [-0.15, -0.1) is 0 Å². The summed E-state index contributed by atoms with van der Waals surface area (Å²) in [6.07, 6.45) is 9.90. The number of aryl methyl sites for hydroxylation is 2. The average Bonchev–Trinajstić information content (AvgIpc) is 0.851. The molecule has 0 aromatic heterocycles. The van der Waals surface area contributed by atoms with Crippen LogP contribution in [0.1, 0.15) is 181 Å². The Kier molecular flexibility index (Phi) is 17.7. The van der Waals surface area contributed by atoms with Gasteiger partial charge in [0.1, 0.15) is 17.6 Å². The first-order valence-electron chi connectivity index (χ1n) is 33.8. The molecule has 5 heterocycles. The number of fused-ring (bicyclic) bond motifs is 10. The van der Waals surface area contributed by atoms with E-state index in [1.165, 1.54) is 21.9 Å². The molecule has 3 fully saturated rings. The van der Waals surface area contributed by atoms with Crippen molar-refractivity contribution in [2.45, 2.75) is 162 Å². The summed E-state index contributed by atoms with van der Waals surface area (Å²) in [7, 11) is -4.97. The molecule has 12 nitrogen and oxygen atoms in total. The van der Waals surface area contributed by atoms with Crippen LogP contribution in [-0.2, 0) is 39.8 Å². The number of allylic oxidation sites excluding steroid dienone is 1. The topological polar surface area (TPSA) is 221 Å². The Labute approximate surface area is 569 Å². The summed E-state index contributed by atoms with van der Waals surface area (Å²) < 4.78 is 58.4. The number of aliphatic imine (C=N–C) groups is 1. The quantitative estimate of drug-likeness (QED) is 0.0199. The molecule has 7 aromatic carbocycles. The van der Waals surface area contributed by atoms with Crippen molar-refractivity contribution in [2.24, 2.45) is 57.9 Å². The fraction of sp³-hybridized carbons (Fsp3) is 0.430. The largest absolute Gasteiger partial charge is 1.00 e. The van der Waals surface area contributed by atoms with Gasteiger partial charge in [0.2, 0.25) is 5.72 Å². The second-order valence-electron chi connectivity index (χ2n) is 28.7. The van der Waals surface area contributed by atoms with E-state index in [9.17, 15) is 33.4 Å². The van der Waals surface area contributed by atoms with Crippen molar-refractivity contribution in [3.8, 4) is 23.3 Å². The van der Waals surface area contributed by atoms with E-state index < -0.39 is 62.6 Å². The summed E-state index contributed by atoms with van der Waals surface area (Å²) in [6, 6.07) is 51.3. The third kappa shape index (κ3) is 11.9. The average molecular weight is 1270 g/mol. The summed E-state index contributed by atoms with van der Waals surface area (Å²) in [4.78, 5) is 5.37. The van der Waals surface area contributed by atoms with Gasteiger partial charge in [-0.1, -0.05) is 152 Å². The minimum atomic E-state index is -4.97. The number of phenolic OH excluding ortho intramolecular Hbond substituents is 1. The smallest absolute Gasteiger partial charge is 0.748 e. The zero-order valence-corrected chi connectivity index (χ0v) is 56.1. The maximum atomic E-state index is 14.5. The van der Waals surface area contributed by atoms with E-state index in [1.54, 1.807) is 12.1 Å². The second-order valence-corrected chi connectivity index (χ2v) is 30.3. The predicted molar refractivity (Wildman–Crippen MR) is 357 cm³/mol. The van der Waals surface area contributed by atoms with Crippen LogP contribution in [0.5, 0.6) is 11.5 Å². The number of aliphatic hydroxyl groups is 3.